The van der Waals surface area contributed by atoms with E-state index >= 15 is 0 Å². The van der Waals surface area contributed by atoms with Crippen LogP contribution in [-0.4, -0.2) is 20.0 Å². The molecule has 0 spiro atoms. The summed E-state index contributed by atoms with van der Waals surface area (Å²) < 4.78 is 36.0. The first kappa shape index (κ1) is 17.9. The van der Waals surface area contributed by atoms with E-state index in [1.54, 1.807) is 18.5 Å². The van der Waals surface area contributed by atoms with Crippen LogP contribution in [0.15, 0.2) is 45.3 Å². The van der Waals surface area contributed by atoms with Gasteiger partial charge in [0.1, 0.15) is 9.96 Å². The minimum absolute atomic E-state index is 0.286. The van der Waals surface area contributed by atoms with Crippen molar-refractivity contribution in [1.29, 1.82) is 0 Å². The van der Waals surface area contributed by atoms with Crippen molar-refractivity contribution < 1.29 is 13.2 Å². The highest BCUT2D eigenvalue weighted by Gasteiger charge is 2.22. The van der Waals surface area contributed by atoms with Crippen LogP contribution in [0.3, 0.4) is 0 Å². The molecule has 0 bridgehead atoms. The lowest BCUT2D eigenvalue weighted by molar-refractivity contribution is 0.288. The van der Waals surface area contributed by atoms with E-state index in [4.69, 9.17) is 4.74 Å². The monoisotopic (exact) mass is 452 g/mol. The van der Waals surface area contributed by atoms with E-state index in [0.29, 0.717) is 0 Å². The van der Waals surface area contributed by atoms with E-state index < -0.39 is 10.0 Å². The fourth-order valence-corrected chi connectivity index (χ4v) is 6.25. The van der Waals surface area contributed by atoms with Crippen LogP contribution in [-0.2, 0) is 16.4 Å². The van der Waals surface area contributed by atoms with Crippen molar-refractivity contribution in [2.24, 2.45) is 0 Å². The van der Waals surface area contributed by atoms with Gasteiger partial charge in [-0.05, 0) is 59.0 Å². The number of pyridine rings is 1. The molecule has 26 heavy (non-hydrogen) atoms. The van der Waals surface area contributed by atoms with E-state index in [2.05, 4.69) is 25.6 Å². The highest BCUT2D eigenvalue weighted by Crippen LogP contribution is 2.34. The summed E-state index contributed by atoms with van der Waals surface area (Å²) in [7, 11) is -3.62. The minimum atomic E-state index is -3.62. The Morgan fingerprint density at radius 2 is 2.15 bits per heavy atom. The molecule has 0 radical (unpaired) electrons. The number of halogens is 1. The lowest BCUT2D eigenvalue weighted by Crippen LogP contribution is -2.26. The van der Waals surface area contributed by atoms with E-state index in [1.807, 2.05) is 25.1 Å². The number of nitrogens with one attached hydrogen (secondary N) is 1. The van der Waals surface area contributed by atoms with E-state index in [-0.39, 0.29) is 10.3 Å². The molecule has 0 fully saturated rings. The van der Waals surface area contributed by atoms with Crippen molar-refractivity contribution in [3.63, 3.8) is 0 Å². The van der Waals surface area contributed by atoms with Gasteiger partial charge >= 0.3 is 0 Å². The molecule has 0 amide bonds. The Bertz CT molecular complexity index is 1080. The maximum Gasteiger partial charge on any atom is 0.250 e. The third-order valence-electron chi connectivity index (χ3n) is 4.40. The summed E-state index contributed by atoms with van der Waals surface area (Å²) in [4.78, 5) is 4.09. The largest absolute Gasteiger partial charge is 0.493 e. The first-order chi connectivity index (χ1) is 12.4. The van der Waals surface area contributed by atoms with Crippen molar-refractivity contribution in [2.45, 2.75) is 30.0 Å². The molecule has 1 aliphatic rings. The van der Waals surface area contributed by atoms with Crippen LogP contribution < -0.4 is 9.46 Å². The summed E-state index contributed by atoms with van der Waals surface area (Å²) in [6, 6.07) is 7.23. The number of ether oxygens (including phenoxy) is 1. The number of thiophene rings is 1. The molecule has 1 aliphatic heterocycles. The first-order valence-corrected chi connectivity index (χ1v) is 11.3. The third-order valence-corrected chi connectivity index (χ3v) is 8.12. The van der Waals surface area contributed by atoms with Gasteiger partial charge in [-0.1, -0.05) is 12.1 Å². The Kier molecular flexibility index (Phi) is 4.77. The lowest BCUT2D eigenvalue weighted by atomic mass is 10.0. The average molecular weight is 453 g/mol. The molecule has 0 saturated carbocycles. The van der Waals surface area contributed by atoms with Gasteiger partial charge in [-0.2, -0.15) is 0 Å². The number of hydrogen-bond acceptors (Lipinski definition) is 5. The Labute approximate surface area is 164 Å². The van der Waals surface area contributed by atoms with Gasteiger partial charge in [-0.25, -0.2) is 13.1 Å². The van der Waals surface area contributed by atoms with Crippen LogP contribution in [0.2, 0.25) is 0 Å². The smallest absolute Gasteiger partial charge is 0.250 e. The average Bonchev–Trinajstić information content (AvgIpc) is 3.08. The predicted octanol–water partition coefficient (Wildman–Crippen LogP) is 4.42. The maximum atomic E-state index is 12.8. The molecular formula is C18H17BrN2O3S2. The first-order valence-electron chi connectivity index (χ1n) is 8.25. The van der Waals surface area contributed by atoms with Crippen LogP contribution in [0.4, 0.5) is 0 Å². The summed E-state index contributed by atoms with van der Waals surface area (Å²) in [5, 5.41) is 0.851. The lowest BCUT2D eigenvalue weighted by Gasteiger charge is -2.20. The Hall–Kier alpha value is -1.48. The van der Waals surface area contributed by atoms with Gasteiger partial charge in [0.15, 0.2) is 0 Å². The molecular weight excluding hydrogens is 436 g/mol. The van der Waals surface area contributed by atoms with Crippen molar-refractivity contribution >= 4 is 47.4 Å². The number of fused-ring (bicyclic) bond motifs is 2. The molecule has 8 heteroatoms. The standard InChI is InChI=1S/C18H17BrN2O3S2/c1-11(12-4-5-16-13(7-12)3-2-6-24-16)21-26(22,23)18-8-14-15(19)9-20-10-17(14)25-18/h4-5,7-11,21H,2-3,6H2,1H3. The Morgan fingerprint density at radius 1 is 1.31 bits per heavy atom. The van der Waals surface area contributed by atoms with Crippen LogP contribution in [0.5, 0.6) is 5.75 Å². The molecule has 4 rings (SSSR count). The number of sulfonamides is 1. The number of aromatic nitrogens is 1. The Morgan fingerprint density at radius 3 is 2.96 bits per heavy atom. The highest BCUT2D eigenvalue weighted by atomic mass is 79.9. The normalized spacial score (nSPS) is 15.5. The van der Waals surface area contributed by atoms with E-state index in [1.165, 1.54) is 11.3 Å². The van der Waals surface area contributed by atoms with Crippen LogP contribution in [0.1, 0.15) is 30.5 Å². The molecule has 136 valence electrons. The SMILES string of the molecule is CC(NS(=O)(=O)c1cc2c(Br)cncc2s1)c1ccc2c(c1)CCCO2. The fourth-order valence-electron chi connectivity index (χ4n) is 3.05. The van der Waals surface area contributed by atoms with Crippen LogP contribution >= 0.6 is 27.3 Å². The van der Waals surface area contributed by atoms with Crippen molar-refractivity contribution in [2.75, 3.05) is 6.61 Å². The molecule has 3 heterocycles. The van der Waals surface area contributed by atoms with E-state index in [9.17, 15) is 8.42 Å². The summed E-state index contributed by atoms with van der Waals surface area (Å²) in [5.41, 5.74) is 2.07. The second kappa shape index (κ2) is 6.92. The highest BCUT2D eigenvalue weighted by molar-refractivity contribution is 9.10. The van der Waals surface area contributed by atoms with E-state index in [0.717, 1.165) is 50.9 Å². The zero-order valence-electron chi connectivity index (χ0n) is 14.0. The van der Waals surface area contributed by atoms with Gasteiger partial charge in [0, 0.05) is 28.3 Å². The molecule has 3 aromatic rings. The summed E-state index contributed by atoms with van der Waals surface area (Å²) >= 11 is 4.63. The zero-order chi connectivity index (χ0) is 18.3. The number of aryl methyl sites for hydroxylation is 1. The molecule has 2 aromatic heterocycles. The minimum Gasteiger partial charge on any atom is -0.493 e. The zero-order valence-corrected chi connectivity index (χ0v) is 17.2. The summed E-state index contributed by atoms with van der Waals surface area (Å²) in [6.07, 6.45) is 5.29. The van der Waals surface area contributed by atoms with Gasteiger partial charge in [0.05, 0.1) is 11.3 Å². The predicted molar refractivity (Wildman–Crippen MR) is 106 cm³/mol. The number of nitrogens with zero attached hydrogens (tertiary/aromatic N) is 1. The Balaban J connectivity index is 1.61. The quantitative estimate of drug-likeness (QED) is 0.635. The summed E-state index contributed by atoms with van der Waals surface area (Å²) in [5.74, 6) is 0.900. The van der Waals surface area contributed by atoms with Crippen molar-refractivity contribution in [3.05, 3.63) is 52.3 Å². The molecule has 0 saturated heterocycles. The van der Waals surface area contributed by atoms with Gasteiger partial charge in [0.2, 0.25) is 0 Å². The molecule has 0 aliphatic carbocycles. The number of hydrogen-bond donors (Lipinski definition) is 1. The van der Waals surface area contributed by atoms with Crippen LogP contribution in [0.25, 0.3) is 10.1 Å². The molecule has 1 unspecified atom stereocenters. The van der Waals surface area contributed by atoms with Crippen molar-refractivity contribution in [1.82, 2.24) is 9.71 Å². The third kappa shape index (κ3) is 3.38. The van der Waals surface area contributed by atoms with Gasteiger partial charge in [-0.15, -0.1) is 11.3 Å². The molecule has 1 aromatic carbocycles. The van der Waals surface area contributed by atoms with Gasteiger partial charge in [0.25, 0.3) is 10.0 Å². The van der Waals surface area contributed by atoms with Crippen molar-refractivity contribution in [3.8, 4) is 5.75 Å². The number of rotatable bonds is 4. The second-order valence-corrected chi connectivity index (χ2v) is 10.1. The van der Waals surface area contributed by atoms with Gasteiger partial charge in [-0.3, -0.25) is 4.98 Å². The fraction of sp³-hybridized carbons (Fsp3) is 0.278. The molecule has 1 atom stereocenters. The number of benzene rings is 1. The second-order valence-electron chi connectivity index (χ2n) is 6.26. The summed E-state index contributed by atoms with van der Waals surface area (Å²) in [6.45, 7) is 2.60. The van der Waals surface area contributed by atoms with Crippen LogP contribution in [0, 0.1) is 0 Å². The topological polar surface area (TPSA) is 68.3 Å². The van der Waals surface area contributed by atoms with Gasteiger partial charge < -0.3 is 4.74 Å². The maximum absolute atomic E-state index is 12.8. The molecule has 1 N–H and O–H groups in total. The molecule has 5 nitrogen and oxygen atoms in total.